The second-order valence-electron chi connectivity index (χ2n) is 2.63. The minimum Gasteiger partial charge on any atom is -0.505 e. The largest absolute Gasteiger partial charge is 0.505 e. The SMILES string of the molecule is CO/C=C/[C@@H]1C[C@@H]1CC=O. The van der Waals surface area contributed by atoms with Gasteiger partial charge in [-0.3, -0.25) is 0 Å². The van der Waals surface area contributed by atoms with Crippen molar-refractivity contribution in [1.29, 1.82) is 0 Å². The highest BCUT2D eigenvalue weighted by Gasteiger charge is 2.33. The average Bonchev–Trinajstić information content (AvgIpc) is 2.65. The summed E-state index contributed by atoms with van der Waals surface area (Å²) in [6, 6.07) is 0. The molecule has 2 atom stereocenters. The van der Waals surface area contributed by atoms with Crippen molar-refractivity contribution in [2.45, 2.75) is 12.8 Å². The van der Waals surface area contributed by atoms with Crippen molar-refractivity contribution in [2.75, 3.05) is 7.11 Å². The molecule has 0 unspecified atom stereocenters. The van der Waals surface area contributed by atoms with Crippen molar-refractivity contribution in [3.63, 3.8) is 0 Å². The summed E-state index contributed by atoms with van der Waals surface area (Å²) < 4.78 is 4.75. The minimum atomic E-state index is 0.601. The molecular weight excluding hydrogens is 128 g/mol. The molecule has 0 heterocycles. The van der Waals surface area contributed by atoms with Crippen LogP contribution in [0, 0.1) is 11.8 Å². The van der Waals surface area contributed by atoms with Gasteiger partial charge in [0.2, 0.25) is 0 Å². The summed E-state index contributed by atoms with van der Waals surface area (Å²) in [7, 11) is 1.63. The fraction of sp³-hybridized carbons (Fsp3) is 0.625. The molecule has 0 aromatic heterocycles. The van der Waals surface area contributed by atoms with E-state index in [2.05, 4.69) is 0 Å². The van der Waals surface area contributed by atoms with Crippen molar-refractivity contribution in [3.8, 4) is 0 Å². The Morgan fingerprint density at radius 3 is 3.10 bits per heavy atom. The number of hydrogen-bond acceptors (Lipinski definition) is 2. The molecule has 10 heavy (non-hydrogen) atoms. The van der Waals surface area contributed by atoms with Gasteiger partial charge in [-0.05, 0) is 24.3 Å². The first-order valence-electron chi connectivity index (χ1n) is 3.51. The lowest BCUT2D eigenvalue weighted by atomic mass is 10.2. The van der Waals surface area contributed by atoms with Gasteiger partial charge in [0.25, 0.3) is 0 Å². The standard InChI is InChI=1S/C8H12O2/c1-10-5-3-8-6-7(8)2-4-9/h3-5,7-8H,2,6H2,1H3/b5-3+/t7-,8+/m0/s1. The number of rotatable bonds is 4. The average molecular weight is 140 g/mol. The molecule has 56 valence electrons. The normalized spacial score (nSPS) is 30.5. The van der Waals surface area contributed by atoms with Gasteiger partial charge in [0.15, 0.2) is 0 Å². The summed E-state index contributed by atoms with van der Waals surface area (Å²) in [5.74, 6) is 1.20. The number of carbonyl (C=O) groups is 1. The van der Waals surface area contributed by atoms with Gasteiger partial charge in [-0.2, -0.15) is 0 Å². The fourth-order valence-corrected chi connectivity index (χ4v) is 1.08. The summed E-state index contributed by atoms with van der Waals surface area (Å²) in [5.41, 5.74) is 0. The van der Waals surface area contributed by atoms with Crippen LogP contribution < -0.4 is 0 Å². The van der Waals surface area contributed by atoms with Crippen LogP contribution in [0.4, 0.5) is 0 Å². The maximum absolute atomic E-state index is 10.0. The highest BCUT2D eigenvalue weighted by Crippen LogP contribution is 2.41. The van der Waals surface area contributed by atoms with Crippen molar-refractivity contribution in [1.82, 2.24) is 0 Å². The number of carbonyl (C=O) groups excluding carboxylic acids is 1. The van der Waals surface area contributed by atoms with Gasteiger partial charge in [0, 0.05) is 6.42 Å². The third kappa shape index (κ3) is 1.87. The second-order valence-corrected chi connectivity index (χ2v) is 2.63. The summed E-state index contributed by atoms with van der Waals surface area (Å²) in [6.45, 7) is 0. The molecule has 0 aromatic carbocycles. The molecule has 2 heteroatoms. The molecule has 1 aliphatic carbocycles. The Labute approximate surface area is 60.9 Å². The Kier molecular flexibility index (Phi) is 2.49. The lowest BCUT2D eigenvalue weighted by molar-refractivity contribution is -0.108. The van der Waals surface area contributed by atoms with E-state index >= 15 is 0 Å². The summed E-state index contributed by atoms with van der Waals surface area (Å²) in [4.78, 5) is 10.0. The van der Waals surface area contributed by atoms with Crippen LogP contribution in [0.1, 0.15) is 12.8 Å². The quantitative estimate of drug-likeness (QED) is 0.435. The zero-order valence-electron chi connectivity index (χ0n) is 6.12. The summed E-state index contributed by atoms with van der Waals surface area (Å²) in [6.07, 6.45) is 6.56. The molecule has 0 saturated heterocycles. The van der Waals surface area contributed by atoms with Gasteiger partial charge in [0.1, 0.15) is 6.29 Å². The van der Waals surface area contributed by atoms with E-state index in [-0.39, 0.29) is 0 Å². The molecule has 0 radical (unpaired) electrons. The topological polar surface area (TPSA) is 26.3 Å². The monoisotopic (exact) mass is 140 g/mol. The Balaban J connectivity index is 2.12. The van der Waals surface area contributed by atoms with Crippen molar-refractivity contribution < 1.29 is 9.53 Å². The molecular formula is C8H12O2. The minimum absolute atomic E-state index is 0.601. The van der Waals surface area contributed by atoms with E-state index in [9.17, 15) is 4.79 Å². The Hall–Kier alpha value is -0.790. The van der Waals surface area contributed by atoms with Gasteiger partial charge in [-0.25, -0.2) is 0 Å². The molecule has 0 N–H and O–H groups in total. The second kappa shape index (κ2) is 3.40. The van der Waals surface area contributed by atoms with Gasteiger partial charge >= 0.3 is 0 Å². The van der Waals surface area contributed by atoms with Gasteiger partial charge in [0.05, 0.1) is 13.4 Å². The fourth-order valence-electron chi connectivity index (χ4n) is 1.08. The Bertz CT molecular complexity index is 140. The van der Waals surface area contributed by atoms with E-state index in [1.54, 1.807) is 13.4 Å². The molecule has 1 saturated carbocycles. The lowest BCUT2D eigenvalue weighted by Crippen LogP contribution is -1.80. The van der Waals surface area contributed by atoms with E-state index in [1.165, 1.54) is 0 Å². The summed E-state index contributed by atoms with van der Waals surface area (Å²) in [5, 5.41) is 0. The van der Waals surface area contributed by atoms with E-state index in [0.29, 0.717) is 18.3 Å². The number of allylic oxidation sites excluding steroid dienone is 1. The van der Waals surface area contributed by atoms with E-state index < -0.39 is 0 Å². The van der Waals surface area contributed by atoms with Gasteiger partial charge in [-0.15, -0.1) is 0 Å². The van der Waals surface area contributed by atoms with E-state index in [4.69, 9.17) is 4.74 Å². The molecule has 0 amide bonds. The smallest absolute Gasteiger partial charge is 0.120 e. The molecule has 2 nitrogen and oxygen atoms in total. The lowest BCUT2D eigenvalue weighted by Gasteiger charge is -1.86. The molecule has 1 fully saturated rings. The first-order chi connectivity index (χ1) is 4.88. The van der Waals surface area contributed by atoms with Gasteiger partial charge in [-0.1, -0.05) is 0 Å². The van der Waals surface area contributed by atoms with Crippen LogP contribution >= 0.6 is 0 Å². The molecule has 1 aliphatic rings. The molecule has 1 rings (SSSR count). The summed E-state index contributed by atoms with van der Waals surface area (Å²) >= 11 is 0. The van der Waals surface area contributed by atoms with Crippen molar-refractivity contribution in [3.05, 3.63) is 12.3 Å². The molecule has 0 aliphatic heterocycles. The van der Waals surface area contributed by atoms with E-state index in [1.807, 2.05) is 6.08 Å². The van der Waals surface area contributed by atoms with Crippen LogP contribution in [0.15, 0.2) is 12.3 Å². The third-order valence-electron chi connectivity index (χ3n) is 1.84. The zero-order valence-corrected chi connectivity index (χ0v) is 6.12. The van der Waals surface area contributed by atoms with Crippen LogP contribution in [-0.2, 0) is 9.53 Å². The highest BCUT2D eigenvalue weighted by atomic mass is 16.5. The third-order valence-corrected chi connectivity index (χ3v) is 1.84. The zero-order chi connectivity index (χ0) is 7.40. The predicted octanol–water partition coefficient (Wildman–Crippen LogP) is 1.37. The maximum Gasteiger partial charge on any atom is 0.120 e. The number of hydrogen-bond donors (Lipinski definition) is 0. The number of aldehydes is 1. The first kappa shape index (κ1) is 7.32. The Morgan fingerprint density at radius 2 is 2.50 bits per heavy atom. The molecule has 0 aromatic rings. The van der Waals surface area contributed by atoms with Crippen LogP contribution in [0.25, 0.3) is 0 Å². The molecule has 0 spiro atoms. The maximum atomic E-state index is 10.0. The first-order valence-corrected chi connectivity index (χ1v) is 3.51. The highest BCUT2D eigenvalue weighted by molar-refractivity contribution is 5.50. The van der Waals surface area contributed by atoms with Crippen molar-refractivity contribution >= 4 is 6.29 Å². The van der Waals surface area contributed by atoms with Crippen LogP contribution in [0.2, 0.25) is 0 Å². The van der Waals surface area contributed by atoms with Crippen LogP contribution in [0.3, 0.4) is 0 Å². The molecule has 0 bridgehead atoms. The van der Waals surface area contributed by atoms with Crippen molar-refractivity contribution in [2.24, 2.45) is 11.8 Å². The number of methoxy groups -OCH3 is 1. The number of ether oxygens (including phenoxy) is 1. The van der Waals surface area contributed by atoms with Gasteiger partial charge < -0.3 is 9.53 Å². The van der Waals surface area contributed by atoms with Crippen LogP contribution in [-0.4, -0.2) is 13.4 Å². The predicted molar refractivity (Wildman–Crippen MR) is 38.4 cm³/mol. The van der Waals surface area contributed by atoms with Crippen LogP contribution in [0.5, 0.6) is 0 Å². The Morgan fingerprint density at radius 1 is 1.70 bits per heavy atom. The van der Waals surface area contributed by atoms with E-state index in [0.717, 1.165) is 12.7 Å².